The van der Waals surface area contributed by atoms with E-state index < -0.39 is 47.7 Å². The number of para-hydroxylation sites is 2. The fourth-order valence-electron chi connectivity index (χ4n) is 3.10. The molecule has 1 saturated heterocycles. The average molecular weight is 465 g/mol. The summed E-state index contributed by atoms with van der Waals surface area (Å²) in [5, 5.41) is 38.6. The molecule has 0 saturated carbocycles. The summed E-state index contributed by atoms with van der Waals surface area (Å²) >= 11 is 0. The van der Waals surface area contributed by atoms with Crippen molar-refractivity contribution < 1.29 is 46.7 Å². The topological polar surface area (TPSA) is 152 Å². The van der Waals surface area contributed by atoms with Gasteiger partial charge in [-0.2, -0.15) is 8.42 Å². The molecule has 5 atom stereocenters. The lowest BCUT2D eigenvalue weighted by Gasteiger charge is -2.38. The van der Waals surface area contributed by atoms with Crippen molar-refractivity contribution in [2.45, 2.75) is 76.2 Å². The van der Waals surface area contributed by atoms with Crippen LogP contribution in [0, 0.1) is 0 Å². The maximum atomic E-state index is 12.3. The van der Waals surface area contributed by atoms with Crippen LogP contribution in [0.4, 0.5) is 0 Å². The Morgan fingerprint density at radius 3 is 2.26 bits per heavy atom. The molecule has 1 heterocycles. The van der Waals surface area contributed by atoms with Crippen molar-refractivity contribution in [1.82, 2.24) is 0 Å². The van der Waals surface area contributed by atoms with Crippen molar-refractivity contribution in [3.63, 3.8) is 0 Å². The molecule has 2 rings (SSSR count). The van der Waals surface area contributed by atoms with Gasteiger partial charge in [-0.05, 0) is 18.6 Å². The standard InChI is InChI=1S/C20H32O10S/c1-2-3-4-5-6-9-12-27-14-10-7-8-11-15(14)29-31(25,26)30-20-19(24)18(23)17(22)16(13-21)28-20/h7-8,10-11,16-24H,2-6,9,12-13H2,1H3/t16-,17-,18+,19+,20+/m1/s1. The summed E-state index contributed by atoms with van der Waals surface area (Å²) < 4.78 is 45.0. The highest BCUT2D eigenvalue weighted by Crippen LogP contribution is 2.30. The van der Waals surface area contributed by atoms with Gasteiger partial charge in [-0.3, -0.25) is 0 Å². The smallest absolute Gasteiger partial charge is 0.451 e. The first-order valence-corrected chi connectivity index (χ1v) is 11.8. The van der Waals surface area contributed by atoms with Crippen LogP contribution in [0.5, 0.6) is 11.5 Å². The molecule has 1 aromatic rings. The molecule has 1 aliphatic heterocycles. The Labute approximate surface area is 182 Å². The summed E-state index contributed by atoms with van der Waals surface area (Å²) in [4.78, 5) is 0. The summed E-state index contributed by atoms with van der Waals surface area (Å²) in [6.45, 7) is 1.82. The molecular weight excluding hydrogens is 432 g/mol. The lowest BCUT2D eigenvalue weighted by molar-refractivity contribution is -0.277. The zero-order valence-electron chi connectivity index (χ0n) is 17.5. The molecule has 0 radical (unpaired) electrons. The number of hydrogen-bond donors (Lipinski definition) is 4. The second kappa shape index (κ2) is 12.5. The average Bonchev–Trinajstić information content (AvgIpc) is 2.74. The minimum atomic E-state index is -4.75. The third-order valence-corrected chi connectivity index (χ3v) is 5.67. The van der Waals surface area contributed by atoms with E-state index in [1.54, 1.807) is 18.2 Å². The van der Waals surface area contributed by atoms with Gasteiger partial charge in [-0.15, -0.1) is 0 Å². The Morgan fingerprint density at radius 1 is 0.935 bits per heavy atom. The molecule has 0 aromatic heterocycles. The quantitative estimate of drug-likeness (QED) is 0.309. The third-order valence-electron chi connectivity index (χ3n) is 4.86. The number of ether oxygens (including phenoxy) is 2. The Hall–Kier alpha value is -1.47. The van der Waals surface area contributed by atoms with Crippen LogP contribution in [0.15, 0.2) is 24.3 Å². The van der Waals surface area contributed by atoms with Gasteiger partial charge >= 0.3 is 10.4 Å². The SMILES string of the molecule is CCCCCCCCOc1ccccc1OS(=O)(=O)O[C@@H]1O[C@H](CO)[C@@H](O)[C@H](O)[C@@H]1O. The van der Waals surface area contributed by atoms with Gasteiger partial charge in [0, 0.05) is 0 Å². The fraction of sp³-hybridized carbons (Fsp3) is 0.700. The summed E-state index contributed by atoms with van der Waals surface area (Å²) in [6.07, 6.45) is -2.03. The zero-order chi connectivity index (χ0) is 22.9. The maximum absolute atomic E-state index is 12.3. The molecule has 1 aromatic carbocycles. The monoisotopic (exact) mass is 464 g/mol. The molecule has 178 valence electrons. The number of benzene rings is 1. The van der Waals surface area contributed by atoms with E-state index in [4.69, 9.17) is 17.8 Å². The largest absolute Gasteiger partial charge is 0.490 e. The highest BCUT2D eigenvalue weighted by atomic mass is 32.3. The highest BCUT2D eigenvalue weighted by Gasteiger charge is 2.46. The van der Waals surface area contributed by atoms with Gasteiger partial charge in [0.25, 0.3) is 0 Å². The molecule has 11 heteroatoms. The van der Waals surface area contributed by atoms with Crippen LogP contribution in [0.3, 0.4) is 0 Å². The van der Waals surface area contributed by atoms with Gasteiger partial charge < -0.3 is 34.1 Å². The number of aliphatic hydroxyl groups excluding tert-OH is 4. The molecule has 1 fully saturated rings. The minimum Gasteiger partial charge on any atom is -0.490 e. The predicted molar refractivity (Wildman–Crippen MR) is 110 cm³/mol. The summed E-state index contributed by atoms with van der Waals surface area (Å²) in [5.41, 5.74) is 0. The van der Waals surface area contributed by atoms with Gasteiger partial charge in [-0.1, -0.05) is 51.2 Å². The lowest BCUT2D eigenvalue weighted by atomic mass is 10.00. The van der Waals surface area contributed by atoms with Crippen LogP contribution in [0.25, 0.3) is 0 Å². The van der Waals surface area contributed by atoms with Gasteiger partial charge in [0.15, 0.2) is 11.5 Å². The Bertz CT molecular complexity index is 754. The normalized spacial score (nSPS) is 26.5. The van der Waals surface area contributed by atoms with Crippen LogP contribution < -0.4 is 8.92 Å². The first-order valence-electron chi connectivity index (χ1n) is 10.4. The van der Waals surface area contributed by atoms with E-state index in [-0.39, 0.29) is 11.5 Å². The van der Waals surface area contributed by atoms with Crippen LogP contribution >= 0.6 is 0 Å². The van der Waals surface area contributed by atoms with Crippen molar-refractivity contribution in [1.29, 1.82) is 0 Å². The van der Waals surface area contributed by atoms with Crippen molar-refractivity contribution in [2.24, 2.45) is 0 Å². The number of aliphatic hydroxyl groups is 4. The molecule has 10 nitrogen and oxygen atoms in total. The van der Waals surface area contributed by atoms with Crippen molar-refractivity contribution >= 4 is 10.4 Å². The van der Waals surface area contributed by atoms with Crippen molar-refractivity contribution in [3.8, 4) is 11.5 Å². The van der Waals surface area contributed by atoms with Crippen molar-refractivity contribution in [2.75, 3.05) is 13.2 Å². The van der Waals surface area contributed by atoms with E-state index in [1.165, 1.54) is 25.3 Å². The second-order valence-electron chi connectivity index (χ2n) is 7.35. The first kappa shape index (κ1) is 25.8. The van der Waals surface area contributed by atoms with Crippen LogP contribution in [0.2, 0.25) is 0 Å². The number of unbranched alkanes of at least 4 members (excludes halogenated alkanes) is 5. The van der Waals surface area contributed by atoms with E-state index in [0.29, 0.717) is 6.61 Å². The van der Waals surface area contributed by atoms with Crippen molar-refractivity contribution in [3.05, 3.63) is 24.3 Å². The molecular formula is C20H32O10S. The van der Waals surface area contributed by atoms with Gasteiger partial charge in [-0.25, -0.2) is 4.18 Å². The maximum Gasteiger partial charge on any atom is 0.451 e. The number of hydrogen-bond acceptors (Lipinski definition) is 10. The Morgan fingerprint density at radius 2 is 1.58 bits per heavy atom. The minimum absolute atomic E-state index is 0.113. The second-order valence-corrected chi connectivity index (χ2v) is 8.52. The van der Waals surface area contributed by atoms with E-state index in [1.807, 2.05) is 0 Å². The molecule has 0 amide bonds. The third kappa shape index (κ3) is 7.86. The zero-order valence-corrected chi connectivity index (χ0v) is 18.3. The van der Waals surface area contributed by atoms with E-state index >= 15 is 0 Å². The summed E-state index contributed by atoms with van der Waals surface area (Å²) in [7, 11) is -4.75. The Balaban J connectivity index is 1.94. The summed E-state index contributed by atoms with van der Waals surface area (Å²) in [5.74, 6) is 0.0927. The molecule has 0 unspecified atom stereocenters. The first-order chi connectivity index (χ1) is 14.8. The summed E-state index contributed by atoms with van der Waals surface area (Å²) in [6, 6.07) is 6.14. The van der Waals surface area contributed by atoms with Crippen LogP contribution in [-0.2, 0) is 19.3 Å². The Kier molecular flexibility index (Phi) is 10.4. The van der Waals surface area contributed by atoms with Gasteiger partial charge in [0.05, 0.1) is 13.2 Å². The van der Waals surface area contributed by atoms with E-state index in [9.17, 15) is 28.8 Å². The fourth-order valence-corrected chi connectivity index (χ4v) is 3.88. The predicted octanol–water partition coefficient (Wildman–Crippen LogP) is 0.866. The van der Waals surface area contributed by atoms with Crippen LogP contribution in [0.1, 0.15) is 45.4 Å². The molecule has 0 bridgehead atoms. The molecule has 1 aliphatic rings. The molecule has 0 spiro atoms. The number of rotatable bonds is 13. The van der Waals surface area contributed by atoms with Gasteiger partial charge in [0.2, 0.25) is 6.29 Å². The molecule has 4 N–H and O–H groups in total. The van der Waals surface area contributed by atoms with E-state index in [2.05, 4.69) is 6.92 Å². The van der Waals surface area contributed by atoms with E-state index in [0.717, 1.165) is 19.3 Å². The lowest BCUT2D eigenvalue weighted by Crippen LogP contribution is -2.59. The molecule has 31 heavy (non-hydrogen) atoms. The highest BCUT2D eigenvalue weighted by molar-refractivity contribution is 7.82. The molecule has 0 aliphatic carbocycles. The van der Waals surface area contributed by atoms with Crippen LogP contribution in [-0.4, -0.2) is 72.8 Å². The van der Waals surface area contributed by atoms with Gasteiger partial charge in [0.1, 0.15) is 24.4 Å².